The van der Waals surface area contributed by atoms with E-state index >= 15 is 0 Å². The zero-order valence-electron chi connectivity index (χ0n) is 11.1. The molecule has 0 fully saturated rings. The number of carbonyl (C=O) groups excluding carboxylic acids is 1. The number of carbonyl (C=O) groups is 1. The van der Waals surface area contributed by atoms with Crippen molar-refractivity contribution in [2.75, 3.05) is 0 Å². The summed E-state index contributed by atoms with van der Waals surface area (Å²) in [6.45, 7) is 6.48. The fourth-order valence-electron chi connectivity index (χ4n) is 2.29. The molecule has 94 valence electrons. The first kappa shape index (κ1) is 12.6. The molecule has 2 rings (SSSR count). The lowest BCUT2D eigenvalue weighted by Crippen LogP contribution is -2.28. The van der Waals surface area contributed by atoms with Gasteiger partial charge < -0.3 is 5.73 Å². The quantitative estimate of drug-likeness (QED) is 0.758. The number of rotatable bonds is 0. The topological polar surface area (TPSA) is 43.1 Å². The third-order valence-electron chi connectivity index (χ3n) is 3.94. The Morgan fingerprint density at radius 2 is 1.89 bits per heavy atom. The van der Waals surface area contributed by atoms with Crippen molar-refractivity contribution in [3.8, 4) is 0 Å². The summed E-state index contributed by atoms with van der Waals surface area (Å²) in [5.74, 6) is 0.242. The predicted molar refractivity (Wildman–Crippen MR) is 74.4 cm³/mol. The number of Topliss-reactive ketones (excluding diaryl/α,β-unsaturated/α-hetero) is 1. The lowest BCUT2D eigenvalue weighted by atomic mass is 9.72. The Balaban J connectivity index is 2.70. The van der Waals surface area contributed by atoms with Crippen molar-refractivity contribution in [1.29, 1.82) is 0 Å². The van der Waals surface area contributed by atoms with E-state index < -0.39 is 0 Å². The second-order valence-electron chi connectivity index (χ2n) is 5.39. The maximum absolute atomic E-state index is 12.3. The van der Waals surface area contributed by atoms with Gasteiger partial charge in [0.15, 0.2) is 0 Å². The summed E-state index contributed by atoms with van der Waals surface area (Å²) in [7, 11) is 0. The molecule has 1 aliphatic rings. The zero-order valence-corrected chi connectivity index (χ0v) is 11.1. The maximum Gasteiger partial charge on any atom is 0.208 e. The largest absolute Gasteiger partial charge is 0.396 e. The van der Waals surface area contributed by atoms with Crippen LogP contribution < -0.4 is 5.73 Å². The van der Waals surface area contributed by atoms with Crippen LogP contribution in [0.5, 0.6) is 0 Å². The predicted octanol–water partition coefficient (Wildman–Crippen LogP) is 3.20. The Hall–Kier alpha value is -1.83. The van der Waals surface area contributed by atoms with Gasteiger partial charge in [-0.25, -0.2) is 0 Å². The zero-order chi connectivity index (χ0) is 13.3. The van der Waals surface area contributed by atoms with Crippen LogP contribution in [0.3, 0.4) is 0 Å². The van der Waals surface area contributed by atoms with Gasteiger partial charge in [-0.15, -0.1) is 0 Å². The molecule has 1 aromatic rings. The lowest BCUT2D eigenvalue weighted by Gasteiger charge is -2.32. The molecular formula is C16H19NO. The summed E-state index contributed by atoms with van der Waals surface area (Å²) in [4.78, 5) is 12.3. The average Bonchev–Trinajstić information content (AvgIpc) is 2.39. The summed E-state index contributed by atoms with van der Waals surface area (Å²) in [6, 6.07) is 7.74. The molecule has 0 saturated heterocycles. The number of nitrogens with two attached hydrogens (primary N) is 1. The Bertz CT molecular complexity index is 538. The summed E-state index contributed by atoms with van der Waals surface area (Å²) in [6.07, 6.45) is 5.67. The summed E-state index contributed by atoms with van der Waals surface area (Å²) in [5.41, 5.74) is 7.80. The minimum atomic E-state index is -0.0960. The van der Waals surface area contributed by atoms with Gasteiger partial charge in [-0.1, -0.05) is 57.2 Å². The minimum absolute atomic E-state index is 0.0857. The van der Waals surface area contributed by atoms with E-state index in [1.54, 1.807) is 6.08 Å². The SMILES string of the molecule is CC1/C=C\C=C(/N)C(=O)c2ccccc2C1(C)C. The van der Waals surface area contributed by atoms with Gasteiger partial charge in [-0.2, -0.15) is 0 Å². The molecule has 18 heavy (non-hydrogen) atoms. The van der Waals surface area contributed by atoms with Crippen molar-refractivity contribution >= 4 is 5.78 Å². The molecule has 1 atom stereocenters. The number of ketones is 1. The normalized spacial score (nSPS) is 27.2. The van der Waals surface area contributed by atoms with E-state index in [0.717, 1.165) is 5.56 Å². The van der Waals surface area contributed by atoms with Crippen LogP contribution >= 0.6 is 0 Å². The highest BCUT2D eigenvalue weighted by Gasteiger charge is 2.31. The van der Waals surface area contributed by atoms with E-state index in [9.17, 15) is 4.79 Å². The van der Waals surface area contributed by atoms with Crippen molar-refractivity contribution in [3.63, 3.8) is 0 Å². The molecular weight excluding hydrogens is 222 g/mol. The molecule has 1 aromatic carbocycles. The van der Waals surface area contributed by atoms with Gasteiger partial charge in [-0.3, -0.25) is 4.79 Å². The number of hydrogen-bond acceptors (Lipinski definition) is 2. The first-order chi connectivity index (χ1) is 8.44. The highest BCUT2D eigenvalue weighted by atomic mass is 16.1. The van der Waals surface area contributed by atoms with Gasteiger partial charge in [-0.05, 0) is 23.0 Å². The third-order valence-corrected chi connectivity index (χ3v) is 3.94. The van der Waals surface area contributed by atoms with E-state index in [1.807, 2.05) is 30.3 Å². The van der Waals surface area contributed by atoms with Crippen molar-refractivity contribution < 1.29 is 4.79 Å². The van der Waals surface area contributed by atoms with Crippen molar-refractivity contribution in [2.24, 2.45) is 11.7 Å². The molecule has 2 heteroatoms. The summed E-state index contributed by atoms with van der Waals surface area (Å²) in [5, 5.41) is 0. The molecule has 2 nitrogen and oxygen atoms in total. The first-order valence-corrected chi connectivity index (χ1v) is 6.22. The molecule has 0 saturated carbocycles. The van der Waals surface area contributed by atoms with E-state index in [1.165, 1.54) is 0 Å². The van der Waals surface area contributed by atoms with Crippen LogP contribution in [0.25, 0.3) is 0 Å². The van der Waals surface area contributed by atoms with E-state index in [0.29, 0.717) is 17.2 Å². The van der Waals surface area contributed by atoms with E-state index in [4.69, 9.17) is 5.73 Å². The molecule has 0 heterocycles. The lowest BCUT2D eigenvalue weighted by molar-refractivity contribution is 0.103. The number of allylic oxidation sites excluding steroid dienone is 4. The van der Waals surface area contributed by atoms with Gasteiger partial charge in [0.05, 0.1) is 5.70 Å². The second-order valence-corrected chi connectivity index (χ2v) is 5.39. The molecule has 0 amide bonds. The Labute approximate surface area is 108 Å². The molecule has 0 spiro atoms. The Kier molecular flexibility index (Phi) is 3.12. The van der Waals surface area contributed by atoms with Crippen LogP contribution in [-0.2, 0) is 5.41 Å². The van der Waals surface area contributed by atoms with Gasteiger partial charge in [0.2, 0.25) is 5.78 Å². The van der Waals surface area contributed by atoms with Gasteiger partial charge in [0.25, 0.3) is 0 Å². The third kappa shape index (κ3) is 1.99. The molecule has 2 N–H and O–H groups in total. The monoisotopic (exact) mass is 241 g/mol. The average molecular weight is 241 g/mol. The van der Waals surface area contributed by atoms with Gasteiger partial charge in [0.1, 0.15) is 0 Å². The first-order valence-electron chi connectivity index (χ1n) is 6.22. The van der Waals surface area contributed by atoms with Crippen LogP contribution in [0.2, 0.25) is 0 Å². The van der Waals surface area contributed by atoms with Crippen molar-refractivity contribution in [2.45, 2.75) is 26.2 Å². The molecule has 1 aliphatic carbocycles. The van der Waals surface area contributed by atoms with Gasteiger partial charge in [0, 0.05) is 5.56 Å². The fraction of sp³-hybridized carbons (Fsp3) is 0.312. The standard InChI is InChI=1S/C16H19NO/c1-11-7-6-10-14(17)15(18)12-8-4-5-9-13(12)16(11,2)3/h4-11H,17H2,1-3H3/b7-6-,14-10-. The highest BCUT2D eigenvalue weighted by molar-refractivity contribution is 6.09. The Morgan fingerprint density at radius 3 is 2.61 bits per heavy atom. The Morgan fingerprint density at radius 1 is 1.22 bits per heavy atom. The summed E-state index contributed by atoms with van der Waals surface area (Å²) >= 11 is 0. The maximum atomic E-state index is 12.3. The second kappa shape index (κ2) is 4.45. The van der Waals surface area contributed by atoms with Crippen molar-refractivity contribution in [1.82, 2.24) is 0 Å². The van der Waals surface area contributed by atoms with Gasteiger partial charge >= 0.3 is 0 Å². The molecule has 0 bridgehead atoms. The van der Waals surface area contributed by atoms with Crippen molar-refractivity contribution in [3.05, 3.63) is 59.3 Å². The molecule has 0 aliphatic heterocycles. The number of fused-ring (bicyclic) bond motifs is 1. The molecule has 0 aromatic heterocycles. The number of benzene rings is 1. The highest BCUT2D eigenvalue weighted by Crippen LogP contribution is 2.35. The minimum Gasteiger partial charge on any atom is -0.396 e. The van der Waals surface area contributed by atoms with Crippen LogP contribution in [0.15, 0.2) is 48.2 Å². The van der Waals surface area contributed by atoms with Crippen LogP contribution in [-0.4, -0.2) is 5.78 Å². The molecule has 0 radical (unpaired) electrons. The summed E-state index contributed by atoms with van der Waals surface area (Å²) < 4.78 is 0. The fourth-order valence-corrected chi connectivity index (χ4v) is 2.29. The van der Waals surface area contributed by atoms with E-state index in [2.05, 4.69) is 26.8 Å². The molecule has 1 unspecified atom stereocenters. The number of hydrogen-bond donors (Lipinski definition) is 1. The van der Waals surface area contributed by atoms with Crippen LogP contribution in [0.4, 0.5) is 0 Å². The van der Waals surface area contributed by atoms with Crippen LogP contribution in [0.1, 0.15) is 36.7 Å². The smallest absolute Gasteiger partial charge is 0.208 e. The van der Waals surface area contributed by atoms with Crippen LogP contribution in [0, 0.1) is 5.92 Å². The van der Waals surface area contributed by atoms with E-state index in [-0.39, 0.29) is 11.2 Å².